The zero-order valence-corrected chi connectivity index (χ0v) is 7.53. The molecule has 2 heterocycles. The summed E-state index contributed by atoms with van der Waals surface area (Å²) in [5.41, 5.74) is 0.910. The van der Waals surface area contributed by atoms with E-state index in [0.29, 0.717) is 11.3 Å². The molecule has 13 heavy (non-hydrogen) atoms. The number of aromatic amines is 1. The molecule has 0 atom stereocenters. The standard InChI is InChI=1S/C7H7N5S/c13-7-11-10-5-12(7)3-6-1-2-8-4-9-6/h1-2,4-5H,3H2,(H,11,13). The first kappa shape index (κ1) is 8.06. The molecule has 2 aromatic heterocycles. The summed E-state index contributed by atoms with van der Waals surface area (Å²) in [5.74, 6) is 0. The van der Waals surface area contributed by atoms with Crippen LogP contribution in [0.2, 0.25) is 0 Å². The molecule has 2 aromatic rings. The highest BCUT2D eigenvalue weighted by Crippen LogP contribution is 1.96. The van der Waals surface area contributed by atoms with Gasteiger partial charge in [0.2, 0.25) is 0 Å². The molecule has 0 aliphatic heterocycles. The maximum Gasteiger partial charge on any atom is 0.195 e. The Labute approximate surface area is 79.5 Å². The van der Waals surface area contributed by atoms with Gasteiger partial charge in [0.1, 0.15) is 12.7 Å². The first-order valence-corrected chi connectivity index (χ1v) is 4.12. The van der Waals surface area contributed by atoms with Crippen LogP contribution in [0.3, 0.4) is 0 Å². The molecule has 0 radical (unpaired) electrons. The molecule has 0 aliphatic carbocycles. The Hall–Kier alpha value is -1.56. The highest BCUT2D eigenvalue weighted by Gasteiger charge is 1.96. The Morgan fingerprint density at radius 1 is 1.54 bits per heavy atom. The molecule has 0 spiro atoms. The molecule has 2 rings (SSSR count). The van der Waals surface area contributed by atoms with E-state index < -0.39 is 0 Å². The van der Waals surface area contributed by atoms with Crippen LogP contribution in [-0.4, -0.2) is 24.7 Å². The van der Waals surface area contributed by atoms with E-state index in [4.69, 9.17) is 12.2 Å². The fourth-order valence-electron chi connectivity index (χ4n) is 0.969. The maximum atomic E-state index is 4.99. The summed E-state index contributed by atoms with van der Waals surface area (Å²) in [4.78, 5) is 7.90. The van der Waals surface area contributed by atoms with Crippen LogP contribution in [0.1, 0.15) is 5.69 Å². The van der Waals surface area contributed by atoms with Gasteiger partial charge >= 0.3 is 0 Å². The van der Waals surface area contributed by atoms with E-state index in [0.717, 1.165) is 5.69 Å². The zero-order chi connectivity index (χ0) is 9.10. The Morgan fingerprint density at radius 3 is 3.08 bits per heavy atom. The Bertz CT molecular complexity index is 431. The van der Waals surface area contributed by atoms with Gasteiger partial charge in [-0.25, -0.2) is 9.97 Å². The summed E-state index contributed by atoms with van der Waals surface area (Å²) in [5, 5.41) is 6.48. The van der Waals surface area contributed by atoms with Crippen LogP contribution in [-0.2, 0) is 6.54 Å². The fourth-order valence-corrected chi connectivity index (χ4v) is 1.13. The number of aromatic nitrogens is 5. The van der Waals surface area contributed by atoms with Crippen LogP contribution >= 0.6 is 12.2 Å². The topological polar surface area (TPSA) is 59.4 Å². The molecule has 0 saturated heterocycles. The van der Waals surface area contributed by atoms with E-state index in [9.17, 15) is 0 Å². The van der Waals surface area contributed by atoms with Crippen molar-refractivity contribution in [3.63, 3.8) is 0 Å². The van der Waals surface area contributed by atoms with Crippen LogP contribution < -0.4 is 0 Å². The van der Waals surface area contributed by atoms with Crippen LogP contribution in [0.25, 0.3) is 0 Å². The normalized spacial score (nSPS) is 10.2. The van der Waals surface area contributed by atoms with Crippen LogP contribution in [0, 0.1) is 4.77 Å². The SMILES string of the molecule is S=c1[nH]ncn1Cc1ccncn1. The van der Waals surface area contributed by atoms with E-state index in [2.05, 4.69) is 20.2 Å². The van der Waals surface area contributed by atoms with Crippen molar-refractivity contribution in [2.75, 3.05) is 0 Å². The second kappa shape index (κ2) is 3.44. The van der Waals surface area contributed by atoms with Crippen molar-refractivity contribution < 1.29 is 0 Å². The maximum absolute atomic E-state index is 4.99. The van der Waals surface area contributed by atoms with E-state index >= 15 is 0 Å². The van der Waals surface area contributed by atoms with Gasteiger partial charge in [-0.15, -0.1) is 0 Å². The third-order valence-electron chi connectivity index (χ3n) is 1.59. The number of hydrogen-bond acceptors (Lipinski definition) is 4. The summed E-state index contributed by atoms with van der Waals surface area (Å²) in [6, 6.07) is 1.84. The molecular formula is C7H7N5S. The first-order valence-electron chi connectivity index (χ1n) is 3.71. The molecule has 6 heteroatoms. The van der Waals surface area contributed by atoms with E-state index in [1.807, 2.05) is 6.07 Å². The van der Waals surface area contributed by atoms with Crippen molar-refractivity contribution in [1.29, 1.82) is 0 Å². The third-order valence-corrected chi connectivity index (χ3v) is 1.92. The monoisotopic (exact) mass is 193 g/mol. The van der Waals surface area contributed by atoms with Crippen molar-refractivity contribution in [2.45, 2.75) is 6.54 Å². The van der Waals surface area contributed by atoms with Crippen molar-refractivity contribution in [3.8, 4) is 0 Å². The lowest BCUT2D eigenvalue weighted by Gasteiger charge is -1.98. The average Bonchev–Trinajstić information content (AvgIpc) is 2.54. The third kappa shape index (κ3) is 1.78. The Morgan fingerprint density at radius 2 is 2.46 bits per heavy atom. The molecular weight excluding hydrogens is 186 g/mol. The molecule has 0 bridgehead atoms. The van der Waals surface area contributed by atoms with Crippen molar-refractivity contribution in [3.05, 3.63) is 35.4 Å². The zero-order valence-electron chi connectivity index (χ0n) is 6.71. The van der Waals surface area contributed by atoms with Crippen molar-refractivity contribution in [1.82, 2.24) is 24.7 Å². The number of nitrogens with zero attached hydrogens (tertiary/aromatic N) is 4. The lowest BCUT2D eigenvalue weighted by atomic mass is 10.4. The van der Waals surface area contributed by atoms with Gasteiger partial charge in [-0.05, 0) is 18.3 Å². The fraction of sp³-hybridized carbons (Fsp3) is 0.143. The first-order chi connectivity index (χ1) is 6.36. The average molecular weight is 193 g/mol. The van der Waals surface area contributed by atoms with Gasteiger partial charge in [0.05, 0.1) is 12.2 Å². The molecule has 5 nitrogen and oxygen atoms in total. The molecule has 66 valence electrons. The Kier molecular flexibility index (Phi) is 2.13. The van der Waals surface area contributed by atoms with Crippen LogP contribution in [0.15, 0.2) is 24.9 Å². The van der Waals surface area contributed by atoms with Gasteiger partial charge in [-0.3, -0.25) is 5.10 Å². The highest BCUT2D eigenvalue weighted by atomic mass is 32.1. The van der Waals surface area contributed by atoms with Gasteiger partial charge in [0, 0.05) is 6.20 Å². The van der Waals surface area contributed by atoms with E-state index in [1.165, 1.54) is 6.33 Å². The largest absolute Gasteiger partial charge is 0.301 e. The smallest absolute Gasteiger partial charge is 0.195 e. The number of H-pyrrole nitrogens is 1. The lowest BCUT2D eigenvalue weighted by Crippen LogP contribution is -2.00. The molecule has 0 saturated carbocycles. The van der Waals surface area contributed by atoms with Crippen LogP contribution in [0.4, 0.5) is 0 Å². The Balaban J connectivity index is 2.25. The van der Waals surface area contributed by atoms with Gasteiger partial charge < -0.3 is 4.57 Å². The van der Waals surface area contributed by atoms with E-state index in [1.54, 1.807) is 17.1 Å². The minimum atomic E-state index is 0.596. The van der Waals surface area contributed by atoms with Crippen molar-refractivity contribution >= 4 is 12.2 Å². The second-order valence-corrected chi connectivity index (χ2v) is 2.88. The van der Waals surface area contributed by atoms with Gasteiger partial charge in [-0.1, -0.05) is 0 Å². The van der Waals surface area contributed by atoms with Crippen molar-refractivity contribution in [2.24, 2.45) is 0 Å². The summed E-state index contributed by atoms with van der Waals surface area (Å²) in [6.45, 7) is 0.623. The second-order valence-electron chi connectivity index (χ2n) is 2.49. The molecule has 0 unspecified atom stereocenters. The minimum absolute atomic E-state index is 0.596. The molecule has 1 N–H and O–H groups in total. The molecule has 0 fully saturated rings. The molecule has 0 amide bonds. The molecule has 0 aliphatic rings. The quantitative estimate of drug-likeness (QED) is 0.716. The predicted molar refractivity (Wildman–Crippen MR) is 48.5 cm³/mol. The van der Waals surface area contributed by atoms with Gasteiger partial charge in [-0.2, -0.15) is 5.10 Å². The van der Waals surface area contributed by atoms with Crippen LogP contribution in [0.5, 0.6) is 0 Å². The number of rotatable bonds is 2. The lowest BCUT2D eigenvalue weighted by molar-refractivity contribution is 0.755. The van der Waals surface area contributed by atoms with Gasteiger partial charge in [0.25, 0.3) is 0 Å². The summed E-state index contributed by atoms with van der Waals surface area (Å²) in [6.07, 6.45) is 4.86. The number of nitrogens with one attached hydrogen (secondary N) is 1. The number of hydrogen-bond donors (Lipinski definition) is 1. The predicted octanol–water partition coefficient (Wildman–Crippen LogP) is 0.779. The minimum Gasteiger partial charge on any atom is -0.301 e. The summed E-state index contributed by atoms with van der Waals surface area (Å²) < 4.78 is 2.40. The van der Waals surface area contributed by atoms with E-state index in [-0.39, 0.29) is 0 Å². The highest BCUT2D eigenvalue weighted by molar-refractivity contribution is 7.71. The molecule has 0 aromatic carbocycles. The summed E-state index contributed by atoms with van der Waals surface area (Å²) >= 11 is 4.99. The van der Waals surface area contributed by atoms with Gasteiger partial charge in [0.15, 0.2) is 4.77 Å². The summed E-state index contributed by atoms with van der Waals surface area (Å²) in [7, 11) is 0.